The van der Waals surface area contributed by atoms with E-state index in [1.807, 2.05) is 26.0 Å². The molecule has 2 saturated heterocycles. The number of anilines is 4. The van der Waals surface area contributed by atoms with E-state index >= 15 is 0 Å². The van der Waals surface area contributed by atoms with Crippen molar-refractivity contribution in [2.75, 3.05) is 61.4 Å². The number of carbonyl (C=O) groups is 1. The van der Waals surface area contributed by atoms with Gasteiger partial charge in [0.1, 0.15) is 17.2 Å². The number of ketones is 1. The summed E-state index contributed by atoms with van der Waals surface area (Å²) in [6.45, 7) is 12.5. The number of aryl methyl sites for hydroxylation is 1. The molecule has 0 radical (unpaired) electrons. The third-order valence-corrected chi connectivity index (χ3v) is 8.90. The number of halogens is 3. The molecule has 10 heteroatoms. The van der Waals surface area contributed by atoms with Crippen molar-refractivity contribution in [2.45, 2.75) is 72.4 Å². The second-order valence-electron chi connectivity index (χ2n) is 11.8. The third kappa shape index (κ3) is 6.96. The second kappa shape index (κ2) is 13.0. The molecule has 2 unspecified atom stereocenters. The van der Waals surface area contributed by atoms with Crippen LogP contribution in [0.25, 0.3) is 0 Å². The molecule has 0 spiro atoms. The zero-order valence-corrected chi connectivity index (χ0v) is 25.2. The Labute approximate surface area is 242 Å². The largest absolute Gasteiger partial charge is 0.421 e. The first-order chi connectivity index (χ1) is 19.5. The van der Waals surface area contributed by atoms with E-state index in [2.05, 4.69) is 52.0 Å². The summed E-state index contributed by atoms with van der Waals surface area (Å²) >= 11 is 0. The maximum Gasteiger partial charge on any atom is 0.421 e. The highest BCUT2D eigenvalue weighted by Crippen LogP contribution is 2.44. The van der Waals surface area contributed by atoms with Crippen molar-refractivity contribution in [1.29, 1.82) is 0 Å². The van der Waals surface area contributed by atoms with Crippen molar-refractivity contribution in [2.24, 2.45) is 11.3 Å². The molecule has 2 aromatic rings. The van der Waals surface area contributed by atoms with Crippen LogP contribution in [0.5, 0.6) is 0 Å². The summed E-state index contributed by atoms with van der Waals surface area (Å²) in [5.74, 6) is -0.00506. The van der Waals surface area contributed by atoms with E-state index in [9.17, 15) is 18.0 Å². The molecule has 2 aliphatic rings. The van der Waals surface area contributed by atoms with E-state index < -0.39 is 17.2 Å². The van der Waals surface area contributed by atoms with Gasteiger partial charge in [0.15, 0.2) is 0 Å². The van der Waals surface area contributed by atoms with Crippen molar-refractivity contribution in [1.82, 2.24) is 14.9 Å². The van der Waals surface area contributed by atoms with Crippen LogP contribution in [-0.2, 0) is 17.4 Å². The van der Waals surface area contributed by atoms with Gasteiger partial charge in [-0.2, -0.15) is 18.2 Å². The van der Waals surface area contributed by atoms with E-state index in [4.69, 9.17) is 0 Å². The number of nitrogens with one attached hydrogen (secondary N) is 1. The molecule has 2 atom stereocenters. The van der Waals surface area contributed by atoms with Crippen molar-refractivity contribution in [3.63, 3.8) is 0 Å². The highest BCUT2D eigenvalue weighted by Gasteiger charge is 2.47. The predicted octanol–water partition coefficient (Wildman–Crippen LogP) is 6.56. The maximum absolute atomic E-state index is 14.2. The Morgan fingerprint density at radius 3 is 2.46 bits per heavy atom. The summed E-state index contributed by atoms with van der Waals surface area (Å²) in [6.07, 6.45) is 0.741. The van der Waals surface area contributed by atoms with Gasteiger partial charge in [-0.05, 0) is 56.5 Å². The van der Waals surface area contributed by atoms with Gasteiger partial charge in [0.2, 0.25) is 5.95 Å². The van der Waals surface area contributed by atoms with Gasteiger partial charge >= 0.3 is 6.18 Å². The molecule has 0 amide bonds. The Bertz CT molecular complexity index is 1200. The van der Waals surface area contributed by atoms with Crippen LogP contribution in [0.15, 0.2) is 24.4 Å². The van der Waals surface area contributed by atoms with E-state index in [0.29, 0.717) is 19.4 Å². The number of aromatic nitrogens is 2. The van der Waals surface area contributed by atoms with Gasteiger partial charge in [0, 0.05) is 68.2 Å². The minimum absolute atomic E-state index is 0.120. The molecule has 2 aliphatic heterocycles. The lowest BCUT2D eigenvalue weighted by atomic mass is 9.73. The summed E-state index contributed by atoms with van der Waals surface area (Å²) in [5.41, 5.74) is 1.45. The molecular weight excluding hydrogens is 529 g/mol. The third-order valence-electron chi connectivity index (χ3n) is 8.90. The highest BCUT2D eigenvalue weighted by molar-refractivity contribution is 5.88. The van der Waals surface area contributed by atoms with Gasteiger partial charge in [-0.15, -0.1) is 0 Å². The van der Waals surface area contributed by atoms with Crippen molar-refractivity contribution < 1.29 is 18.0 Å². The monoisotopic (exact) mass is 574 g/mol. The molecule has 7 nitrogen and oxygen atoms in total. The zero-order chi connectivity index (χ0) is 29.8. The number of hydrogen-bond donors (Lipinski definition) is 1. The van der Waals surface area contributed by atoms with Crippen LogP contribution in [0.3, 0.4) is 0 Å². The SMILES string of the molecule is CCCCC1(C(=O)C(C)CC)CCN(c2nc(Nc3ccc(N4CCN(C)CC4)cc3CC)ncc2C(F)(F)F)C1. The molecule has 4 rings (SSSR count). The van der Waals surface area contributed by atoms with Crippen LogP contribution >= 0.6 is 0 Å². The summed E-state index contributed by atoms with van der Waals surface area (Å²) < 4.78 is 42.5. The number of Topliss-reactive ketones (excluding diaryl/α,β-unsaturated/α-hetero) is 1. The first-order valence-corrected chi connectivity index (χ1v) is 15.1. The predicted molar refractivity (Wildman–Crippen MR) is 159 cm³/mol. The Morgan fingerprint density at radius 1 is 1.10 bits per heavy atom. The first kappa shape index (κ1) is 31.1. The van der Waals surface area contributed by atoms with E-state index in [-0.39, 0.29) is 30.0 Å². The molecule has 1 N–H and O–H groups in total. The number of likely N-dealkylation sites (N-methyl/N-ethyl adjacent to an activating group) is 1. The van der Waals surface area contributed by atoms with Gasteiger partial charge in [-0.1, -0.05) is 40.5 Å². The van der Waals surface area contributed by atoms with Gasteiger partial charge < -0.3 is 20.0 Å². The molecule has 1 aromatic heterocycles. The van der Waals surface area contributed by atoms with Gasteiger partial charge in [-0.25, -0.2) is 4.98 Å². The molecule has 0 aliphatic carbocycles. The molecule has 1 aromatic carbocycles. The minimum Gasteiger partial charge on any atom is -0.369 e. The Hall–Kier alpha value is -2.88. The molecule has 3 heterocycles. The van der Waals surface area contributed by atoms with Crippen molar-refractivity contribution >= 4 is 28.9 Å². The quantitative estimate of drug-likeness (QED) is 0.326. The van der Waals surface area contributed by atoms with E-state index in [0.717, 1.165) is 75.0 Å². The smallest absolute Gasteiger partial charge is 0.369 e. The Kier molecular flexibility index (Phi) is 9.82. The maximum atomic E-state index is 14.2. The fourth-order valence-electron chi connectivity index (χ4n) is 6.06. The standard InChI is InChI=1S/C31H45F3N6O/c1-6-9-12-30(27(41)22(4)7-2)13-14-40(21-30)28-25(31(32,33)34)20-35-29(37-28)36-26-11-10-24(19-23(26)8-3)39-17-15-38(5)16-18-39/h10-11,19-20,22H,6-9,12-18,21H2,1-5H3,(H,35,36,37). The van der Waals surface area contributed by atoms with Crippen LogP contribution in [0, 0.1) is 11.3 Å². The minimum atomic E-state index is -4.61. The van der Waals surface area contributed by atoms with E-state index in [1.54, 1.807) is 4.90 Å². The second-order valence-corrected chi connectivity index (χ2v) is 11.8. The lowest BCUT2D eigenvalue weighted by molar-refractivity contribution is -0.137. The van der Waals surface area contributed by atoms with Gasteiger partial charge in [0.05, 0.1) is 0 Å². The number of benzene rings is 1. The van der Waals surface area contributed by atoms with Crippen LogP contribution < -0.4 is 15.1 Å². The average molecular weight is 575 g/mol. The number of piperazine rings is 1. The summed E-state index contributed by atoms with van der Waals surface area (Å²) in [4.78, 5) is 28.3. The highest BCUT2D eigenvalue weighted by atomic mass is 19.4. The number of unbranched alkanes of at least 4 members (excludes halogenated alkanes) is 1. The average Bonchev–Trinajstić information content (AvgIpc) is 3.40. The Balaban J connectivity index is 1.62. The van der Waals surface area contributed by atoms with Crippen LogP contribution in [0.2, 0.25) is 0 Å². The summed E-state index contributed by atoms with van der Waals surface area (Å²) in [7, 11) is 2.12. The first-order valence-electron chi connectivity index (χ1n) is 15.1. The molecule has 0 bridgehead atoms. The van der Waals surface area contributed by atoms with Crippen LogP contribution in [0.4, 0.5) is 36.3 Å². The zero-order valence-electron chi connectivity index (χ0n) is 25.2. The molecular formula is C31H45F3N6O. The van der Waals surface area contributed by atoms with Crippen LogP contribution in [0.1, 0.15) is 70.9 Å². The molecule has 0 saturated carbocycles. The molecule has 2 fully saturated rings. The van der Waals surface area contributed by atoms with Gasteiger partial charge in [-0.3, -0.25) is 4.79 Å². The van der Waals surface area contributed by atoms with Crippen molar-refractivity contribution in [3.8, 4) is 0 Å². The van der Waals surface area contributed by atoms with Crippen molar-refractivity contribution in [3.05, 3.63) is 35.5 Å². The molecule has 226 valence electrons. The fraction of sp³-hybridized carbons (Fsp3) is 0.645. The topological polar surface area (TPSA) is 64.6 Å². The number of nitrogens with zero attached hydrogens (tertiary/aromatic N) is 5. The molecule has 41 heavy (non-hydrogen) atoms. The van der Waals surface area contributed by atoms with Crippen LogP contribution in [-0.4, -0.2) is 67.0 Å². The Morgan fingerprint density at radius 2 is 1.83 bits per heavy atom. The lowest BCUT2D eigenvalue weighted by Crippen LogP contribution is -2.44. The number of hydrogen-bond acceptors (Lipinski definition) is 7. The lowest BCUT2D eigenvalue weighted by Gasteiger charge is -2.34. The summed E-state index contributed by atoms with van der Waals surface area (Å²) in [5, 5.41) is 3.20. The number of carbonyl (C=O) groups excluding carboxylic acids is 1. The number of alkyl halides is 3. The normalized spacial score (nSPS) is 20.9. The van der Waals surface area contributed by atoms with E-state index in [1.165, 1.54) is 0 Å². The van der Waals surface area contributed by atoms with Gasteiger partial charge in [0.25, 0.3) is 0 Å². The fourth-order valence-corrected chi connectivity index (χ4v) is 6.06. The number of rotatable bonds is 11. The summed E-state index contributed by atoms with van der Waals surface area (Å²) in [6, 6.07) is 6.15.